The Kier molecular flexibility index (Phi) is 13.3. The Labute approximate surface area is 304 Å². The summed E-state index contributed by atoms with van der Waals surface area (Å²) in [6, 6.07) is 6.27. The number of nitrogens with one attached hydrogen (secondary N) is 3. The second-order valence-corrected chi connectivity index (χ2v) is 15.1. The molecule has 18 heteroatoms. The second kappa shape index (κ2) is 17.3. The lowest BCUT2D eigenvalue weighted by Gasteiger charge is -2.32. The Balaban J connectivity index is 1.42. The molecule has 2 saturated heterocycles. The molecule has 5 unspecified atom stereocenters. The van der Waals surface area contributed by atoms with Crippen LogP contribution in [0.1, 0.15) is 58.4 Å². The highest BCUT2D eigenvalue weighted by molar-refractivity contribution is 7.99. The number of amides is 3. The Hall–Kier alpha value is -4.64. The Morgan fingerprint density at radius 1 is 1.17 bits per heavy atom. The van der Waals surface area contributed by atoms with E-state index >= 15 is 0 Å². The van der Waals surface area contributed by atoms with E-state index in [0.29, 0.717) is 5.75 Å². The van der Waals surface area contributed by atoms with Crippen molar-refractivity contribution in [1.82, 2.24) is 25.1 Å². The molecule has 0 spiro atoms. The van der Waals surface area contributed by atoms with Gasteiger partial charge in [-0.3, -0.25) is 33.5 Å². The molecule has 2 aliphatic rings. The van der Waals surface area contributed by atoms with Crippen LogP contribution in [0.2, 0.25) is 0 Å². The Morgan fingerprint density at radius 2 is 1.87 bits per heavy atom. The van der Waals surface area contributed by atoms with Crippen LogP contribution in [0.15, 0.2) is 51.2 Å². The van der Waals surface area contributed by atoms with Crippen molar-refractivity contribution in [2.24, 2.45) is 17.0 Å². The average Bonchev–Trinajstić information content (AvgIpc) is 3.75. The second-order valence-electron chi connectivity index (χ2n) is 14.1. The number of nitrogens with zero attached hydrogens (tertiary/aromatic N) is 5. The van der Waals surface area contributed by atoms with E-state index in [9.17, 15) is 33.9 Å². The summed E-state index contributed by atoms with van der Waals surface area (Å²) >= 11 is 1.38. The monoisotopic (exact) mass is 742 g/mol. The van der Waals surface area contributed by atoms with Gasteiger partial charge in [0.2, 0.25) is 11.8 Å². The zero-order valence-electron chi connectivity index (χ0n) is 30.0. The van der Waals surface area contributed by atoms with E-state index in [2.05, 4.69) is 25.6 Å². The fourth-order valence-corrected chi connectivity index (χ4v) is 7.01. The van der Waals surface area contributed by atoms with Gasteiger partial charge < -0.3 is 30.1 Å². The number of rotatable bonds is 13. The summed E-state index contributed by atoms with van der Waals surface area (Å²) in [6.45, 7) is 9.66. The van der Waals surface area contributed by atoms with E-state index in [-0.39, 0.29) is 36.8 Å². The first-order chi connectivity index (χ1) is 24.5. The summed E-state index contributed by atoms with van der Waals surface area (Å²) in [4.78, 5) is 84.0. The maximum atomic E-state index is 13.7. The van der Waals surface area contributed by atoms with Gasteiger partial charge in [0.25, 0.3) is 11.5 Å². The van der Waals surface area contributed by atoms with Crippen molar-refractivity contribution in [1.29, 1.82) is 0 Å². The lowest BCUT2D eigenvalue weighted by atomic mass is 9.93. The first kappa shape index (κ1) is 40.1. The lowest BCUT2D eigenvalue weighted by molar-refractivity contribution is -0.157. The van der Waals surface area contributed by atoms with Crippen molar-refractivity contribution in [2.75, 3.05) is 18.2 Å². The van der Waals surface area contributed by atoms with Gasteiger partial charge >= 0.3 is 11.7 Å². The quantitative estimate of drug-likeness (QED) is 0.0999. The van der Waals surface area contributed by atoms with Crippen LogP contribution < -0.4 is 21.9 Å². The van der Waals surface area contributed by atoms with E-state index < -0.39 is 83.0 Å². The zero-order valence-corrected chi connectivity index (χ0v) is 30.8. The van der Waals surface area contributed by atoms with Crippen LogP contribution in [0.25, 0.3) is 10.4 Å². The predicted octanol–water partition coefficient (Wildman–Crippen LogP) is 1.53. The molecule has 3 heterocycles. The van der Waals surface area contributed by atoms with Crippen LogP contribution >= 0.6 is 11.8 Å². The van der Waals surface area contributed by atoms with Crippen molar-refractivity contribution in [3.05, 3.63) is 78.9 Å². The van der Waals surface area contributed by atoms with E-state index in [1.54, 1.807) is 24.3 Å². The summed E-state index contributed by atoms with van der Waals surface area (Å²) < 4.78 is 12.6. The normalized spacial score (nSPS) is 22.4. The molecule has 1 aromatic heterocycles. The molecule has 2 aliphatic heterocycles. The number of aliphatic hydroxyl groups is 1. The highest BCUT2D eigenvalue weighted by atomic mass is 32.2. The third-order valence-electron chi connectivity index (χ3n) is 9.01. The molecule has 52 heavy (non-hydrogen) atoms. The summed E-state index contributed by atoms with van der Waals surface area (Å²) in [5.74, 6) is -3.85. The number of thioether (sulfide) groups is 1. The molecule has 4 rings (SSSR count). The zero-order chi connectivity index (χ0) is 38.3. The number of hydrogen-bond donors (Lipinski definition) is 4. The lowest BCUT2D eigenvalue weighted by Crippen LogP contribution is -2.58. The highest BCUT2D eigenvalue weighted by Gasteiger charge is 2.42. The summed E-state index contributed by atoms with van der Waals surface area (Å²) in [5, 5.41) is 20.8. The number of aromatic amines is 1. The number of H-pyrrole nitrogens is 1. The van der Waals surface area contributed by atoms with Gasteiger partial charge in [0.15, 0.2) is 6.10 Å². The molecule has 4 N–H and O–H groups in total. The van der Waals surface area contributed by atoms with Gasteiger partial charge in [-0.05, 0) is 45.2 Å². The number of hydrogen-bond acceptors (Lipinski definition) is 11. The molecule has 8 atom stereocenters. The number of benzene rings is 1. The van der Waals surface area contributed by atoms with Gasteiger partial charge in [0, 0.05) is 40.3 Å². The van der Waals surface area contributed by atoms with Gasteiger partial charge in [-0.1, -0.05) is 49.3 Å². The van der Waals surface area contributed by atoms with Gasteiger partial charge in [0.1, 0.15) is 25.0 Å². The third kappa shape index (κ3) is 10.0. The SMILES string of the molecule is Cc1cn(C2CC(N=[N+]=[N-])C(COC(=O)C(C)C(C)C(=O)N[C@@H](Cc3ccccc3)[C@H](O)C(=O)N3CSC[C@H]3C(=O)NC(C)(C)C)O2)c(=O)[nH]c1=O. The van der Waals surface area contributed by atoms with Crippen LogP contribution in [0.4, 0.5) is 0 Å². The Bertz CT molecular complexity index is 1790. The highest BCUT2D eigenvalue weighted by Crippen LogP contribution is 2.31. The summed E-state index contributed by atoms with van der Waals surface area (Å²) in [5.41, 5.74) is 8.31. The molecule has 0 aliphatic carbocycles. The van der Waals surface area contributed by atoms with E-state index in [1.807, 2.05) is 26.8 Å². The van der Waals surface area contributed by atoms with E-state index in [0.717, 1.165) is 5.56 Å². The molecular formula is C34H46N8O9S. The van der Waals surface area contributed by atoms with E-state index in [1.165, 1.54) is 48.2 Å². The predicted molar refractivity (Wildman–Crippen MR) is 191 cm³/mol. The van der Waals surface area contributed by atoms with E-state index in [4.69, 9.17) is 15.0 Å². The molecule has 1 aromatic carbocycles. The third-order valence-corrected chi connectivity index (χ3v) is 10.0. The topological polar surface area (TPSA) is 238 Å². The van der Waals surface area contributed by atoms with Crippen molar-refractivity contribution in [3.8, 4) is 0 Å². The molecule has 2 fully saturated rings. The number of esters is 1. The standard InChI is InChI=1S/C34H46N8O9S/c1-18-14-41(33(49)37-28(18)44)26-13-22(39-40-35)25(51-26)15-50-32(48)20(3)19(2)29(45)36-23(12-21-10-8-7-9-11-21)27(43)31(47)42-17-52-16-24(42)30(46)38-34(4,5)6/h7-11,14,19-20,22-27,43H,12-13,15-17H2,1-6H3,(H,36,45)(H,38,46)(H,37,44,49)/t19?,20?,22?,23-,24-,25?,26?,27-/m0/s1. The first-order valence-corrected chi connectivity index (χ1v) is 18.1. The van der Waals surface area contributed by atoms with Gasteiger partial charge in [-0.2, -0.15) is 0 Å². The summed E-state index contributed by atoms with van der Waals surface area (Å²) in [6.07, 6.45) is -2.03. The molecule has 2 aromatic rings. The van der Waals surface area contributed by atoms with Crippen molar-refractivity contribution in [2.45, 2.75) is 96.5 Å². The number of ether oxygens (including phenoxy) is 2. The number of aliphatic hydroxyl groups excluding tert-OH is 1. The number of azide groups is 1. The van der Waals surface area contributed by atoms with Gasteiger partial charge in [-0.15, -0.1) is 11.8 Å². The number of aromatic nitrogens is 2. The fourth-order valence-electron chi connectivity index (χ4n) is 5.85. The van der Waals surface area contributed by atoms with Crippen molar-refractivity contribution < 1.29 is 33.8 Å². The number of aryl methyl sites for hydroxylation is 1. The average molecular weight is 743 g/mol. The molecule has 0 bridgehead atoms. The fraction of sp³-hybridized carbons (Fsp3) is 0.588. The maximum absolute atomic E-state index is 13.7. The molecule has 282 valence electrons. The molecule has 0 saturated carbocycles. The van der Waals surface area contributed by atoms with Crippen LogP contribution in [-0.4, -0.2) is 97.4 Å². The maximum Gasteiger partial charge on any atom is 0.330 e. The molecule has 0 radical (unpaired) electrons. The minimum Gasteiger partial charge on any atom is -0.463 e. The number of carbonyl (C=O) groups excluding carboxylic acids is 4. The summed E-state index contributed by atoms with van der Waals surface area (Å²) in [7, 11) is 0. The molecule has 3 amide bonds. The van der Waals surface area contributed by atoms with Crippen LogP contribution in [0, 0.1) is 18.8 Å². The van der Waals surface area contributed by atoms with Gasteiger partial charge in [-0.25, -0.2) is 4.79 Å². The largest absolute Gasteiger partial charge is 0.463 e. The van der Waals surface area contributed by atoms with Crippen LogP contribution in [0.3, 0.4) is 0 Å². The van der Waals surface area contributed by atoms with Crippen LogP contribution in [0.5, 0.6) is 0 Å². The minimum atomic E-state index is -1.70. The van der Waals surface area contributed by atoms with Crippen molar-refractivity contribution >= 4 is 35.5 Å². The first-order valence-electron chi connectivity index (χ1n) is 16.9. The Morgan fingerprint density at radius 3 is 2.52 bits per heavy atom. The molecular weight excluding hydrogens is 696 g/mol. The van der Waals surface area contributed by atoms with Crippen molar-refractivity contribution in [3.63, 3.8) is 0 Å². The van der Waals surface area contributed by atoms with Gasteiger partial charge in [0.05, 0.1) is 23.9 Å². The molecule has 17 nitrogen and oxygen atoms in total. The smallest absolute Gasteiger partial charge is 0.330 e. The number of carbonyl (C=O) groups is 4. The minimum absolute atomic E-state index is 0.0774. The van der Waals surface area contributed by atoms with Crippen LogP contribution in [-0.2, 0) is 35.1 Å².